The maximum Gasteiger partial charge on any atom is 0.124 e. The third-order valence-corrected chi connectivity index (χ3v) is 2.64. The number of rotatable bonds is 8. The molecule has 0 atom stereocenters. The van der Waals surface area contributed by atoms with E-state index < -0.39 is 5.60 Å². The van der Waals surface area contributed by atoms with Crippen LogP contribution >= 0.6 is 11.6 Å². The molecule has 1 aromatic rings. The normalized spacial score (nSPS) is 11.6. The number of methoxy groups -OCH3 is 1. The van der Waals surface area contributed by atoms with Gasteiger partial charge in [0, 0.05) is 30.8 Å². The smallest absolute Gasteiger partial charge is 0.124 e. The molecule has 0 saturated carbocycles. The average Bonchev–Trinajstić information content (AvgIpc) is 2.32. The van der Waals surface area contributed by atoms with Gasteiger partial charge in [-0.25, -0.2) is 0 Å². The number of aliphatic hydroxyl groups is 1. The molecular formula is C14H22ClNO3. The molecule has 108 valence electrons. The van der Waals surface area contributed by atoms with Crippen LogP contribution in [0.4, 0.5) is 0 Å². The summed E-state index contributed by atoms with van der Waals surface area (Å²) in [6.45, 7) is 5.71. The van der Waals surface area contributed by atoms with Crippen LogP contribution in [0, 0.1) is 0 Å². The van der Waals surface area contributed by atoms with E-state index >= 15 is 0 Å². The Morgan fingerprint density at radius 2 is 2.11 bits per heavy atom. The molecule has 0 amide bonds. The van der Waals surface area contributed by atoms with Gasteiger partial charge in [-0.3, -0.25) is 0 Å². The number of ether oxygens (including phenoxy) is 2. The molecule has 0 spiro atoms. The number of hydrogen-bond donors (Lipinski definition) is 2. The molecule has 0 aliphatic heterocycles. The van der Waals surface area contributed by atoms with Crippen molar-refractivity contribution in [3.63, 3.8) is 0 Å². The molecule has 0 aliphatic carbocycles. The van der Waals surface area contributed by atoms with Gasteiger partial charge in [-0.05, 0) is 32.0 Å². The van der Waals surface area contributed by atoms with Crippen LogP contribution in [0.5, 0.6) is 5.75 Å². The monoisotopic (exact) mass is 287 g/mol. The Hall–Kier alpha value is -0.810. The van der Waals surface area contributed by atoms with Crippen molar-refractivity contribution in [2.24, 2.45) is 0 Å². The second kappa shape index (κ2) is 7.70. The number of benzene rings is 1. The van der Waals surface area contributed by atoms with E-state index in [1.54, 1.807) is 27.0 Å². The Kier molecular flexibility index (Phi) is 6.58. The van der Waals surface area contributed by atoms with Crippen LogP contribution < -0.4 is 10.1 Å². The minimum Gasteiger partial charge on any atom is -0.490 e. The number of halogens is 1. The Morgan fingerprint density at radius 1 is 1.37 bits per heavy atom. The lowest BCUT2D eigenvalue weighted by Gasteiger charge is -2.19. The Balaban J connectivity index is 2.63. The highest BCUT2D eigenvalue weighted by molar-refractivity contribution is 6.30. The SMILES string of the molecule is COCCNCc1cc(Cl)ccc1OCC(C)(C)O. The summed E-state index contributed by atoms with van der Waals surface area (Å²) in [5.41, 5.74) is 0.105. The standard InChI is InChI=1S/C14H22ClNO3/c1-14(2,17)10-19-13-5-4-12(15)8-11(13)9-16-6-7-18-3/h4-5,8,16-17H,6-7,9-10H2,1-3H3. The fourth-order valence-corrected chi connectivity index (χ4v) is 1.67. The molecule has 0 radical (unpaired) electrons. The lowest BCUT2D eigenvalue weighted by Crippen LogP contribution is -2.28. The summed E-state index contributed by atoms with van der Waals surface area (Å²) in [7, 11) is 1.67. The second-order valence-corrected chi connectivity index (χ2v) is 5.46. The quantitative estimate of drug-likeness (QED) is 0.720. The molecule has 19 heavy (non-hydrogen) atoms. The minimum atomic E-state index is -0.861. The van der Waals surface area contributed by atoms with E-state index in [9.17, 15) is 5.11 Å². The van der Waals surface area contributed by atoms with Gasteiger partial charge in [0.15, 0.2) is 0 Å². The molecule has 0 unspecified atom stereocenters. The van der Waals surface area contributed by atoms with Crippen molar-refractivity contribution < 1.29 is 14.6 Å². The first-order valence-corrected chi connectivity index (χ1v) is 6.63. The van der Waals surface area contributed by atoms with Crippen LogP contribution in [-0.2, 0) is 11.3 Å². The Morgan fingerprint density at radius 3 is 2.74 bits per heavy atom. The predicted molar refractivity (Wildman–Crippen MR) is 76.8 cm³/mol. The molecule has 5 heteroatoms. The van der Waals surface area contributed by atoms with Gasteiger partial charge >= 0.3 is 0 Å². The van der Waals surface area contributed by atoms with Crippen LogP contribution in [0.3, 0.4) is 0 Å². The van der Waals surface area contributed by atoms with E-state index in [1.165, 1.54) is 0 Å². The molecule has 1 rings (SSSR count). The number of hydrogen-bond acceptors (Lipinski definition) is 4. The van der Waals surface area contributed by atoms with Crippen molar-refractivity contribution >= 4 is 11.6 Å². The first kappa shape index (κ1) is 16.2. The van der Waals surface area contributed by atoms with Gasteiger partial charge in [0.2, 0.25) is 0 Å². The van der Waals surface area contributed by atoms with Gasteiger partial charge in [-0.15, -0.1) is 0 Å². The summed E-state index contributed by atoms with van der Waals surface area (Å²) in [4.78, 5) is 0. The molecule has 2 N–H and O–H groups in total. The van der Waals surface area contributed by atoms with Crippen LogP contribution in [0.15, 0.2) is 18.2 Å². The third-order valence-electron chi connectivity index (χ3n) is 2.40. The first-order chi connectivity index (χ1) is 8.92. The molecule has 0 saturated heterocycles. The van der Waals surface area contributed by atoms with Crippen molar-refractivity contribution in [1.29, 1.82) is 0 Å². The van der Waals surface area contributed by atoms with E-state index in [2.05, 4.69) is 5.32 Å². The summed E-state index contributed by atoms with van der Waals surface area (Å²) >= 11 is 5.99. The predicted octanol–water partition coefficient (Wildman–Crippen LogP) is 2.23. The highest BCUT2D eigenvalue weighted by Crippen LogP contribution is 2.23. The van der Waals surface area contributed by atoms with E-state index in [1.807, 2.05) is 12.1 Å². The van der Waals surface area contributed by atoms with Crippen molar-refractivity contribution in [2.45, 2.75) is 26.0 Å². The van der Waals surface area contributed by atoms with Crippen molar-refractivity contribution in [1.82, 2.24) is 5.32 Å². The van der Waals surface area contributed by atoms with Gasteiger partial charge in [0.25, 0.3) is 0 Å². The molecule has 0 heterocycles. The zero-order chi connectivity index (χ0) is 14.3. The van der Waals surface area contributed by atoms with Gasteiger partial charge < -0.3 is 19.9 Å². The molecule has 4 nitrogen and oxygen atoms in total. The Labute approximate surface area is 119 Å². The van der Waals surface area contributed by atoms with Crippen LogP contribution in [0.2, 0.25) is 5.02 Å². The maximum absolute atomic E-state index is 9.69. The second-order valence-electron chi connectivity index (χ2n) is 5.02. The largest absolute Gasteiger partial charge is 0.490 e. The fraction of sp³-hybridized carbons (Fsp3) is 0.571. The third kappa shape index (κ3) is 6.78. The summed E-state index contributed by atoms with van der Waals surface area (Å²) in [6.07, 6.45) is 0. The van der Waals surface area contributed by atoms with E-state index in [0.29, 0.717) is 18.2 Å². The summed E-state index contributed by atoms with van der Waals surface area (Å²) in [6, 6.07) is 5.46. The van der Waals surface area contributed by atoms with Gasteiger partial charge in [-0.2, -0.15) is 0 Å². The van der Waals surface area contributed by atoms with Gasteiger partial charge in [-0.1, -0.05) is 11.6 Å². The van der Waals surface area contributed by atoms with Crippen molar-refractivity contribution in [3.8, 4) is 5.75 Å². The molecule has 1 aromatic carbocycles. The highest BCUT2D eigenvalue weighted by atomic mass is 35.5. The Bertz CT molecular complexity index is 391. The fourth-order valence-electron chi connectivity index (χ4n) is 1.48. The lowest BCUT2D eigenvalue weighted by molar-refractivity contribution is 0.0281. The van der Waals surface area contributed by atoms with E-state index in [0.717, 1.165) is 17.9 Å². The van der Waals surface area contributed by atoms with Crippen LogP contribution in [0.25, 0.3) is 0 Å². The van der Waals surface area contributed by atoms with Crippen molar-refractivity contribution in [3.05, 3.63) is 28.8 Å². The van der Waals surface area contributed by atoms with Crippen LogP contribution in [0.1, 0.15) is 19.4 Å². The molecule has 0 aliphatic rings. The minimum absolute atomic E-state index is 0.236. The zero-order valence-corrected chi connectivity index (χ0v) is 12.5. The molecule has 0 aromatic heterocycles. The summed E-state index contributed by atoms with van der Waals surface area (Å²) in [5.74, 6) is 0.733. The van der Waals surface area contributed by atoms with Crippen LogP contribution in [-0.4, -0.2) is 37.6 Å². The summed E-state index contributed by atoms with van der Waals surface area (Å²) < 4.78 is 10.6. The molecular weight excluding hydrogens is 266 g/mol. The van der Waals surface area contributed by atoms with E-state index in [-0.39, 0.29) is 6.61 Å². The number of nitrogens with one attached hydrogen (secondary N) is 1. The maximum atomic E-state index is 9.69. The van der Waals surface area contributed by atoms with E-state index in [4.69, 9.17) is 21.1 Å². The zero-order valence-electron chi connectivity index (χ0n) is 11.7. The van der Waals surface area contributed by atoms with Gasteiger partial charge in [0.05, 0.1) is 12.2 Å². The van der Waals surface area contributed by atoms with Gasteiger partial charge in [0.1, 0.15) is 12.4 Å². The van der Waals surface area contributed by atoms with Crippen molar-refractivity contribution in [2.75, 3.05) is 26.9 Å². The summed E-state index contributed by atoms with van der Waals surface area (Å²) in [5, 5.41) is 13.6. The average molecular weight is 288 g/mol. The molecule has 0 bridgehead atoms. The highest BCUT2D eigenvalue weighted by Gasteiger charge is 2.14. The molecule has 0 fully saturated rings. The topological polar surface area (TPSA) is 50.7 Å². The first-order valence-electron chi connectivity index (χ1n) is 6.25. The lowest BCUT2D eigenvalue weighted by atomic mass is 10.1.